The molecule has 1 aliphatic rings. The van der Waals surface area contributed by atoms with Crippen molar-refractivity contribution in [2.24, 2.45) is 13.0 Å². The highest BCUT2D eigenvalue weighted by Gasteiger charge is 2.19. The Kier molecular flexibility index (Phi) is 3.75. The Morgan fingerprint density at radius 3 is 3.13 bits per heavy atom. The van der Waals surface area contributed by atoms with Gasteiger partial charge in [0.2, 0.25) is 0 Å². The number of rotatable bonds is 3. The van der Waals surface area contributed by atoms with Crippen LogP contribution < -0.4 is 0 Å². The van der Waals surface area contributed by atoms with Crippen LogP contribution in [0.15, 0.2) is 6.20 Å². The van der Waals surface area contributed by atoms with Crippen LogP contribution in [0.2, 0.25) is 0 Å². The van der Waals surface area contributed by atoms with Crippen molar-refractivity contribution in [3.63, 3.8) is 0 Å². The molecule has 15 heavy (non-hydrogen) atoms. The first-order valence-corrected chi connectivity index (χ1v) is 6.53. The fourth-order valence-electron chi connectivity index (χ4n) is 2.11. The predicted octanol–water partition coefficient (Wildman–Crippen LogP) is 1.42. The topological polar surface area (TPSA) is 34.0 Å². The first-order chi connectivity index (χ1) is 7.28. The minimum Gasteiger partial charge on any atom is -0.297 e. The van der Waals surface area contributed by atoms with E-state index >= 15 is 0 Å². The molecule has 0 N–H and O–H groups in total. The third kappa shape index (κ3) is 3.01. The van der Waals surface area contributed by atoms with E-state index in [1.54, 1.807) is 4.80 Å². The molecular weight excluding hydrogens is 256 g/mol. The van der Waals surface area contributed by atoms with Crippen molar-refractivity contribution in [2.45, 2.75) is 19.4 Å². The summed E-state index contributed by atoms with van der Waals surface area (Å²) in [5.41, 5.74) is 1.08. The van der Waals surface area contributed by atoms with E-state index in [-0.39, 0.29) is 0 Å². The lowest BCUT2D eigenvalue weighted by Crippen LogP contribution is -2.35. The van der Waals surface area contributed by atoms with E-state index in [0.29, 0.717) is 0 Å². The van der Waals surface area contributed by atoms with Crippen LogP contribution in [0.25, 0.3) is 0 Å². The van der Waals surface area contributed by atoms with Crippen molar-refractivity contribution >= 4 is 15.9 Å². The Labute approximate surface area is 98.8 Å². The lowest BCUT2D eigenvalue weighted by Gasteiger charge is -2.31. The fraction of sp³-hybridized carbons (Fsp3) is 0.800. The van der Waals surface area contributed by atoms with Crippen LogP contribution in [0.3, 0.4) is 0 Å². The number of nitrogens with zero attached hydrogens (tertiary/aromatic N) is 4. The maximum Gasteiger partial charge on any atom is 0.0967 e. The second-order valence-corrected chi connectivity index (χ2v) is 4.87. The van der Waals surface area contributed by atoms with Crippen LogP contribution in [0.1, 0.15) is 18.5 Å². The van der Waals surface area contributed by atoms with Gasteiger partial charge in [-0.15, -0.1) is 0 Å². The molecule has 0 aliphatic carbocycles. The number of halogens is 1. The molecule has 1 atom stereocenters. The van der Waals surface area contributed by atoms with Gasteiger partial charge in [-0.3, -0.25) is 4.90 Å². The quantitative estimate of drug-likeness (QED) is 0.781. The molecule has 0 bridgehead atoms. The summed E-state index contributed by atoms with van der Waals surface area (Å²) < 4.78 is 0. The summed E-state index contributed by atoms with van der Waals surface area (Å²) >= 11 is 3.57. The minimum atomic E-state index is 0.801. The maximum absolute atomic E-state index is 4.31. The van der Waals surface area contributed by atoms with Gasteiger partial charge >= 0.3 is 0 Å². The van der Waals surface area contributed by atoms with Gasteiger partial charge in [-0.2, -0.15) is 15.0 Å². The van der Waals surface area contributed by atoms with Gasteiger partial charge in [-0.1, -0.05) is 15.9 Å². The smallest absolute Gasteiger partial charge is 0.0967 e. The molecule has 0 saturated carbocycles. The monoisotopic (exact) mass is 272 g/mol. The van der Waals surface area contributed by atoms with E-state index in [2.05, 4.69) is 31.0 Å². The van der Waals surface area contributed by atoms with Gasteiger partial charge in [0.15, 0.2) is 0 Å². The molecule has 84 valence electrons. The molecule has 1 saturated heterocycles. The summed E-state index contributed by atoms with van der Waals surface area (Å²) in [5, 5.41) is 9.51. The molecule has 1 aromatic rings. The van der Waals surface area contributed by atoms with Crippen molar-refractivity contribution in [3.8, 4) is 0 Å². The van der Waals surface area contributed by atoms with Crippen LogP contribution >= 0.6 is 15.9 Å². The minimum absolute atomic E-state index is 0.801. The van der Waals surface area contributed by atoms with Crippen molar-refractivity contribution in [3.05, 3.63) is 11.9 Å². The van der Waals surface area contributed by atoms with Crippen LogP contribution in [0, 0.1) is 5.92 Å². The second kappa shape index (κ2) is 5.07. The van der Waals surface area contributed by atoms with Crippen molar-refractivity contribution in [2.75, 3.05) is 18.4 Å². The van der Waals surface area contributed by atoms with Gasteiger partial charge < -0.3 is 0 Å². The molecule has 4 nitrogen and oxygen atoms in total. The Hall–Kier alpha value is -0.420. The zero-order valence-corrected chi connectivity index (χ0v) is 10.7. The van der Waals surface area contributed by atoms with Crippen molar-refractivity contribution < 1.29 is 0 Å². The van der Waals surface area contributed by atoms with Crippen LogP contribution in [-0.2, 0) is 13.6 Å². The normalized spacial score (nSPS) is 23.2. The Balaban J connectivity index is 1.88. The molecule has 1 aliphatic heterocycles. The zero-order valence-electron chi connectivity index (χ0n) is 9.06. The number of piperidine rings is 1. The molecule has 1 unspecified atom stereocenters. The number of aryl methyl sites for hydroxylation is 1. The summed E-state index contributed by atoms with van der Waals surface area (Å²) in [6.07, 6.45) is 4.51. The summed E-state index contributed by atoms with van der Waals surface area (Å²) in [5.74, 6) is 0.801. The highest BCUT2D eigenvalue weighted by atomic mass is 79.9. The number of alkyl halides is 1. The SMILES string of the molecule is Cn1ncc(CN2CCCC(CBr)C2)n1. The number of hydrogen-bond acceptors (Lipinski definition) is 3. The molecule has 5 heteroatoms. The fourth-order valence-corrected chi connectivity index (χ4v) is 2.64. The van der Waals surface area contributed by atoms with Crippen molar-refractivity contribution in [1.82, 2.24) is 19.9 Å². The van der Waals surface area contributed by atoms with Gasteiger partial charge in [0.05, 0.1) is 11.9 Å². The predicted molar refractivity (Wildman–Crippen MR) is 62.8 cm³/mol. The molecule has 2 heterocycles. The first-order valence-electron chi connectivity index (χ1n) is 5.41. The molecular formula is C10H17BrN4. The van der Waals surface area contributed by atoms with Gasteiger partial charge in [-0.25, -0.2) is 0 Å². The molecule has 2 rings (SSSR count). The third-order valence-corrected chi connectivity index (χ3v) is 3.77. The Bertz CT molecular complexity index is 312. The van der Waals surface area contributed by atoms with E-state index < -0.39 is 0 Å². The lowest BCUT2D eigenvalue weighted by molar-refractivity contribution is 0.177. The summed E-state index contributed by atoms with van der Waals surface area (Å²) in [6.45, 7) is 3.32. The molecule has 1 fully saturated rings. The molecule has 1 aromatic heterocycles. The van der Waals surface area contributed by atoms with Crippen LogP contribution in [0.5, 0.6) is 0 Å². The highest BCUT2D eigenvalue weighted by molar-refractivity contribution is 9.09. The number of aromatic nitrogens is 3. The average Bonchev–Trinajstić information content (AvgIpc) is 2.64. The second-order valence-electron chi connectivity index (χ2n) is 4.22. The third-order valence-electron chi connectivity index (χ3n) is 2.85. The first kappa shape index (κ1) is 11.1. The van der Waals surface area contributed by atoms with Gasteiger partial charge in [0.1, 0.15) is 0 Å². The van der Waals surface area contributed by atoms with Crippen LogP contribution in [-0.4, -0.2) is 38.3 Å². The van der Waals surface area contributed by atoms with Gasteiger partial charge in [0, 0.05) is 25.5 Å². The van der Waals surface area contributed by atoms with Gasteiger partial charge in [-0.05, 0) is 25.3 Å². The maximum atomic E-state index is 4.31. The van der Waals surface area contributed by atoms with E-state index in [0.717, 1.165) is 23.5 Å². The standard InChI is InChI=1S/C10H17BrN4/c1-14-12-6-10(13-14)8-15-4-2-3-9(5-11)7-15/h6,9H,2-5,7-8H2,1H3. The average molecular weight is 273 g/mol. The number of likely N-dealkylation sites (tertiary alicyclic amines) is 1. The zero-order chi connectivity index (χ0) is 10.7. The van der Waals surface area contributed by atoms with Crippen molar-refractivity contribution in [1.29, 1.82) is 0 Å². The van der Waals surface area contributed by atoms with E-state index in [1.807, 2.05) is 13.2 Å². The number of hydrogen-bond donors (Lipinski definition) is 0. The van der Waals surface area contributed by atoms with Gasteiger partial charge in [0.25, 0.3) is 0 Å². The Morgan fingerprint density at radius 1 is 1.60 bits per heavy atom. The van der Waals surface area contributed by atoms with E-state index in [4.69, 9.17) is 0 Å². The molecule has 0 radical (unpaired) electrons. The molecule has 0 spiro atoms. The van der Waals surface area contributed by atoms with E-state index in [1.165, 1.54) is 25.9 Å². The molecule has 0 aromatic carbocycles. The van der Waals surface area contributed by atoms with Crippen LogP contribution in [0.4, 0.5) is 0 Å². The highest BCUT2D eigenvalue weighted by Crippen LogP contribution is 2.19. The summed E-state index contributed by atoms with van der Waals surface area (Å²) in [6, 6.07) is 0. The molecule has 0 amide bonds. The summed E-state index contributed by atoms with van der Waals surface area (Å²) in [4.78, 5) is 4.10. The lowest BCUT2D eigenvalue weighted by atomic mass is 10.0. The largest absolute Gasteiger partial charge is 0.297 e. The van der Waals surface area contributed by atoms with E-state index in [9.17, 15) is 0 Å². The summed E-state index contributed by atoms with van der Waals surface area (Å²) in [7, 11) is 1.86. The Morgan fingerprint density at radius 2 is 2.47 bits per heavy atom.